The van der Waals surface area contributed by atoms with E-state index in [2.05, 4.69) is 38.9 Å². The van der Waals surface area contributed by atoms with E-state index in [1.165, 1.54) is 0 Å². The monoisotopic (exact) mass is 347 g/mol. The maximum absolute atomic E-state index is 5.42. The van der Waals surface area contributed by atoms with Gasteiger partial charge in [0.05, 0.1) is 13.2 Å². The molecule has 1 fully saturated rings. The number of anilines is 1. The van der Waals surface area contributed by atoms with Gasteiger partial charge in [-0.3, -0.25) is 9.30 Å². The fourth-order valence-corrected chi connectivity index (χ4v) is 3.62. The first kappa shape index (κ1) is 15.5. The Labute approximate surface area is 151 Å². The third-order valence-corrected chi connectivity index (χ3v) is 4.98. The maximum atomic E-state index is 5.42. The Morgan fingerprint density at radius 1 is 0.962 bits per heavy atom. The van der Waals surface area contributed by atoms with E-state index in [-0.39, 0.29) is 0 Å². The van der Waals surface area contributed by atoms with Gasteiger partial charge in [0.2, 0.25) is 0 Å². The van der Waals surface area contributed by atoms with Crippen molar-refractivity contribution in [2.45, 2.75) is 0 Å². The van der Waals surface area contributed by atoms with Gasteiger partial charge in [-0.05, 0) is 12.1 Å². The van der Waals surface area contributed by atoms with Crippen LogP contribution in [0.15, 0.2) is 48.7 Å². The summed E-state index contributed by atoms with van der Waals surface area (Å²) < 4.78 is 7.47. The molecule has 1 N–H and O–H groups in total. The molecule has 0 radical (unpaired) electrons. The Kier molecular flexibility index (Phi) is 3.92. The molecule has 1 saturated heterocycles. The fourth-order valence-electron chi connectivity index (χ4n) is 3.62. The molecule has 0 bridgehead atoms. The van der Waals surface area contributed by atoms with Crippen LogP contribution in [0, 0.1) is 0 Å². The summed E-state index contributed by atoms with van der Waals surface area (Å²) in [7, 11) is 0. The molecule has 0 aliphatic carbocycles. The SMILES string of the molecule is c1ccc2c(c1)c(NCCN1CCOCC1)nc1c2nc2ccccn21. The molecule has 6 heteroatoms. The molecular weight excluding hydrogens is 326 g/mol. The summed E-state index contributed by atoms with van der Waals surface area (Å²) in [4.78, 5) is 12.1. The van der Waals surface area contributed by atoms with E-state index in [9.17, 15) is 0 Å². The topological polar surface area (TPSA) is 54.7 Å². The van der Waals surface area contributed by atoms with Gasteiger partial charge in [-0.15, -0.1) is 0 Å². The molecule has 0 spiro atoms. The minimum atomic E-state index is 0.828. The van der Waals surface area contributed by atoms with Crippen LogP contribution in [0.25, 0.3) is 27.6 Å². The number of imidazole rings is 1. The van der Waals surface area contributed by atoms with Gasteiger partial charge in [0.25, 0.3) is 0 Å². The number of morpholine rings is 1. The number of benzene rings is 1. The second kappa shape index (κ2) is 6.55. The summed E-state index contributed by atoms with van der Waals surface area (Å²) in [5.74, 6) is 0.923. The molecule has 3 aromatic heterocycles. The van der Waals surface area contributed by atoms with Crippen molar-refractivity contribution in [3.63, 3.8) is 0 Å². The Bertz CT molecular complexity index is 1070. The van der Waals surface area contributed by atoms with E-state index in [1.54, 1.807) is 0 Å². The summed E-state index contributed by atoms with van der Waals surface area (Å²) in [6.07, 6.45) is 2.02. The van der Waals surface area contributed by atoms with Gasteiger partial charge >= 0.3 is 0 Å². The summed E-state index contributed by atoms with van der Waals surface area (Å²) in [6, 6.07) is 14.4. The first-order chi connectivity index (χ1) is 12.9. The van der Waals surface area contributed by atoms with Gasteiger partial charge in [0.1, 0.15) is 17.0 Å². The zero-order valence-corrected chi connectivity index (χ0v) is 14.6. The number of ether oxygens (including phenoxy) is 1. The number of pyridine rings is 2. The van der Waals surface area contributed by atoms with Crippen LogP contribution in [-0.4, -0.2) is 58.7 Å². The number of nitrogens with one attached hydrogen (secondary N) is 1. The molecule has 132 valence electrons. The fraction of sp³-hybridized carbons (Fsp3) is 0.300. The van der Waals surface area contributed by atoms with Gasteiger partial charge in [0, 0.05) is 43.1 Å². The van der Waals surface area contributed by atoms with Crippen LogP contribution in [0.2, 0.25) is 0 Å². The number of hydrogen-bond acceptors (Lipinski definition) is 5. The molecule has 1 aliphatic heterocycles. The van der Waals surface area contributed by atoms with E-state index in [4.69, 9.17) is 14.7 Å². The predicted octanol–water partition coefficient (Wildman–Crippen LogP) is 2.78. The smallest absolute Gasteiger partial charge is 0.167 e. The van der Waals surface area contributed by atoms with Crippen LogP contribution in [0.1, 0.15) is 0 Å². The number of fused-ring (bicyclic) bond motifs is 5. The lowest BCUT2D eigenvalue weighted by atomic mass is 10.1. The van der Waals surface area contributed by atoms with E-state index in [0.29, 0.717) is 0 Å². The van der Waals surface area contributed by atoms with Crippen molar-refractivity contribution in [1.82, 2.24) is 19.3 Å². The van der Waals surface area contributed by atoms with Crippen molar-refractivity contribution in [3.8, 4) is 0 Å². The van der Waals surface area contributed by atoms with Crippen LogP contribution in [0.4, 0.5) is 5.82 Å². The lowest BCUT2D eigenvalue weighted by molar-refractivity contribution is 0.0398. The molecule has 26 heavy (non-hydrogen) atoms. The molecule has 1 aliphatic rings. The lowest BCUT2D eigenvalue weighted by Gasteiger charge is -2.26. The van der Waals surface area contributed by atoms with E-state index < -0.39 is 0 Å². The normalized spacial score (nSPS) is 15.8. The summed E-state index contributed by atoms with van der Waals surface area (Å²) in [5.41, 5.74) is 2.77. The quantitative estimate of drug-likeness (QED) is 0.615. The summed E-state index contributed by atoms with van der Waals surface area (Å²) in [6.45, 7) is 5.51. The first-order valence-electron chi connectivity index (χ1n) is 9.10. The molecule has 6 nitrogen and oxygen atoms in total. The van der Waals surface area contributed by atoms with Gasteiger partial charge in [-0.2, -0.15) is 0 Å². The van der Waals surface area contributed by atoms with E-state index in [0.717, 1.165) is 72.8 Å². The van der Waals surface area contributed by atoms with Gasteiger partial charge < -0.3 is 10.1 Å². The highest BCUT2D eigenvalue weighted by atomic mass is 16.5. The Hall–Kier alpha value is -2.70. The zero-order chi connectivity index (χ0) is 17.3. The van der Waals surface area contributed by atoms with Crippen molar-refractivity contribution in [2.24, 2.45) is 0 Å². The molecule has 0 unspecified atom stereocenters. The Morgan fingerprint density at radius 3 is 2.65 bits per heavy atom. The van der Waals surface area contributed by atoms with Crippen LogP contribution in [0.5, 0.6) is 0 Å². The first-order valence-corrected chi connectivity index (χ1v) is 9.10. The Morgan fingerprint density at radius 2 is 1.77 bits per heavy atom. The van der Waals surface area contributed by atoms with Gasteiger partial charge in [0.15, 0.2) is 5.65 Å². The van der Waals surface area contributed by atoms with Crippen LogP contribution >= 0.6 is 0 Å². The largest absolute Gasteiger partial charge is 0.379 e. The highest BCUT2D eigenvalue weighted by Crippen LogP contribution is 2.29. The molecule has 0 saturated carbocycles. The molecule has 1 aromatic carbocycles. The Balaban J connectivity index is 1.53. The van der Waals surface area contributed by atoms with Crippen molar-refractivity contribution in [1.29, 1.82) is 0 Å². The van der Waals surface area contributed by atoms with Crippen molar-refractivity contribution in [3.05, 3.63) is 48.7 Å². The minimum absolute atomic E-state index is 0.828. The minimum Gasteiger partial charge on any atom is -0.379 e. The molecule has 4 aromatic rings. The van der Waals surface area contributed by atoms with Gasteiger partial charge in [-0.1, -0.05) is 30.3 Å². The molecular formula is C20H21N5O. The van der Waals surface area contributed by atoms with Crippen molar-refractivity contribution in [2.75, 3.05) is 44.7 Å². The van der Waals surface area contributed by atoms with Crippen LogP contribution in [-0.2, 0) is 4.74 Å². The molecule has 0 amide bonds. The third-order valence-electron chi connectivity index (χ3n) is 4.98. The number of hydrogen-bond donors (Lipinski definition) is 1. The van der Waals surface area contributed by atoms with Gasteiger partial charge in [-0.25, -0.2) is 9.97 Å². The third kappa shape index (κ3) is 2.67. The summed E-state index contributed by atoms with van der Waals surface area (Å²) >= 11 is 0. The number of rotatable bonds is 4. The van der Waals surface area contributed by atoms with Crippen LogP contribution < -0.4 is 5.32 Å². The van der Waals surface area contributed by atoms with E-state index >= 15 is 0 Å². The second-order valence-electron chi connectivity index (χ2n) is 6.60. The average Bonchev–Trinajstić information content (AvgIpc) is 3.08. The number of aromatic nitrogens is 3. The molecule has 5 rings (SSSR count). The maximum Gasteiger partial charge on any atom is 0.167 e. The molecule has 4 heterocycles. The number of nitrogens with zero attached hydrogens (tertiary/aromatic N) is 4. The standard InChI is InChI=1S/C20H21N5O/c1-2-6-16-15(5-1)18-20(25-9-4-3-7-17(25)22-18)23-19(16)21-8-10-24-11-13-26-14-12-24/h1-7,9H,8,10-14H2,(H,21,23). The second-order valence-corrected chi connectivity index (χ2v) is 6.60. The van der Waals surface area contributed by atoms with Crippen molar-refractivity contribution < 1.29 is 4.74 Å². The lowest BCUT2D eigenvalue weighted by Crippen LogP contribution is -2.39. The van der Waals surface area contributed by atoms with E-state index in [1.807, 2.05) is 24.4 Å². The highest BCUT2D eigenvalue weighted by Gasteiger charge is 2.14. The summed E-state index contributed by atoms with van der Waals surface area (Å²) in [5, 5.41) is 5.80. The van der Waals surface area contributed by atoms with Crippen LogP contribution in [0.3, 0.4) is 0 Å². The molecule has 0 atom stereocenters. The highest BCUT2D eigenvalue weighted by molar-refractivity contribution is 6.08. The predicted molar refractivity (Wildman–Crippen MR) is 104 cm³/mol. The zero-order valence-electron chi connectivity index (χ0n) is 14.6. The van der Waals surface area contributed by atoms with Crippen molar-refractivity contribution >= 4 is 33.4 Å². The average molecular weight is 347 g/mol.